The van der Waals surface area contributed by atoms with Gasteiger partial charge in [-0.1, -0.05) is 30.3 Å². The third-order valence-electron chi connectivity index (χ3n) is 15.8. The van der Waals surface area contributed by atoms with E-state index in [9.17, 15) is 82.8 Å². The van der Waals surface area contributed by atoms with Crippen molar-refractivity contribution in [1.82, 2.24) is 62.3 Å². The van der Waals surface area contributed by atoms with Crippen LogP contribution in [-0.4, -0.2) is 195 Å². The fourth-order valence-electron chi connectivity index (χ4n) is 11.1. The number of imide groups is 1. The van der Waals surface area contributed by atoms with Gasteiger partial charge in [0.25, 0.3) is 17.4 Å². The molecule has 0 bridgehead atoms. The van der Waals surface area contributed by atoms with Crippen LogP contribution in [0, 0.1) is 12.7 Å². The lowest BCUT2D eigenvalue weighted by Gasteiger charge is -2.29. The Labute approximate surface area is 520 Å². The van der Waals surface area contributed by atoms with E-state index in [4.69, 9.17) is 19.2 Å². The molecule has 2 aromatic heterocycles. The van der Waals surface area contributed by atoms with Crippen LogP contribution in [0.4, 0.5) is 4.39 Å². The summed E-state index contributed by atoms with van der Waals surface area (Å²) in [4.78, 5) is 173. The first-order valence-corrected chi connectivity index (χ1v) is 29.1. The van der Waals surface area contributed by atoms with Crippen molar-refractivity contribution >= 4 is 81.9 Å². The Kier molecular flexibility index (Phi) is 21.2. The first-order valence-electron chi connectivity index (χ1n) is 29.1. The second-order valence-electron chi connectivity index (χ2n) is 22.0. The van der Waals surface area contributed by atoms with Crippen LogP contribution in [0.3, 0.4) is 0 Å². The lowest BCUT2D eigenvalue weighted by Crippen LogP contribution is -2.53. The smallest absolute Gasteiger partial charge is 0.340 e. The van der Waals surface area contributed by atoms with E-state index in [2.05, 4.69) is 47.9 Å². The van der Waals surface area contributed by atoms with Crippen LogP contribution in [-0.2, 0) is 97.7 Å². The fraction of sp³-hybridized carbons (Fsp3) is 0.424. The number of carbonyl (C=O) groups is 12. The topological polar surface area (TPSA) is 460 Å². The van der Waals surface area contributed by atoms with E-state index in [1.807, 2.05) is 0 Å². The monoisotopic (exact) mass is 1280 g/mol. The second-order valence-corrected chi connectivity index (χ2v) is 22.0. The molecule has 0 saturated carbocycles. The number of cyclic esters (lactones) is 1. The van der Waals surface area contributed by atoms with Gasteiger partial charge < -0.3 is 87.1 Å². The molecule has 13 N–H and O–H groups in total. The van der Waals surface area contributed by atoms with Gasteiger partial charge >= 0.3 is 5.97 Å². The van der Waals surface area contributed by atoms with Crippen molar-refractivity contribution in [2.45, 2.75) is 107 Å². The number of aromatic nitrogens is 2. The van der Waals surface area contributed by atoms with Gasteiger partial charge in [0.1, 0.15) is 62.7 Å². The van der Waals surface area contributed by atoms with Crippen LogP contribution in [0.5, 0.6) is 0 Å². The number of esters is 1. The number of amides is 11. The molecule has 0 spiro atoms. The number of nitrogens with zero attached hydrogens (tertiary/aromatic N) is 3. The third kappa shape index (κ3) is 15.4. The lowest BCUT2D eigenvalue weighted by atomic mass is 9.81. The highest BCUT2D eigenvalue weighted by Crippen LogP contribution is 2.45. The van der Waals surface area contributed by atoms with Crippen molar-refractivity contribution in [1.29, 1.82) is 0 Å². The number of hydrogen-bond acceptors (Lipinski definition) is 21. The highest BCUT2D eigenvalue weighted by molar-refractivity contribution is 6.14. The number of benzene rings is 2. The van der Waals surface area contributed by atoms with Gasteiger partial charge in [0.15, 0.2) is 12.3 Å². The zero-order valence-electron chi connectivity index (χ0n) is 49.2. The predicted octanol–water partition coefficient (Wildman–Crippen LogP) is -5.52. The van der Waals surface area contributed by atoms with Crippen LogP contribution in [0.2, 0.25) is 0 Å². The quantitative estimate of drug-likeness (QED) is 0.0101. The van der Waals surface area contributed by atoms with Gasteiger partial charge in [0.2, 0.25) is 53.2 Å². The van der Waals surface area contributed by atoms with Crippen molar-refractivity contribution in [3.8, 4) is 11.4 Å². The molecule has 11 amide bonds. The van der Waals surface area contributed by atoms with Gasteiger partial charge in [-0.25, -0.2) is 14.2 Å². The molecule has 92 heavy (non-hydrogen) atoms. The number of ether oxygens (including phenoxy) is 3. The number of hydrogen-bond donors (Lipinski definition) is 13. The molecular weight excluding hydrogens is 1220 g/mol. The van der Waals surface area contributed by atoms with E-state index in [1.165, 1.54) is 16.7 Å². The van der Waals surface area contributed by atoms with Crippen LogP contribution < -0.4 is 53.4 Å². The Morgan fingerprint density at radius 1 is 0.750 bits per heavy atom. The Hall–Kier alpha value is -9.93. The van der Waals surface area contributed by atoms with E-state index in [0.29, 0.717) is 62.3 Å². The Morgan fingerprint density at radius 2 is 1.43 bits per heavy atom. The van der Waals surface area contributed by atoms with Crippen molar-refractivity contribution in [3.05, 3.63) is 110 Å². The zero-order valence-corrected chi connectivity index (χ0v) is 49.2. The SMILES string of the molecule is Cc1c(F)cc2nc3c(c4c2c1CC[C@@H]4NC(=O)COCNC(=O)CNC(=O)[C@H](Cc1ccccc1)NC(=O)CNC(=O)CNC(=O)[C@H](CCC(=O)NC1O[C@H](CO)[C@@H](O)[C@H]1O)NC(=O)CCNC(=O)CN1C(=O)C=CC1=O)Cn1c-3cc2c(c1=O)COC(=O)[C@H]2O. The summed E-state index contributed by atoms with van der Waals surface area (Å²) in [7, 11) is 0. The summed E-state index contributed by atoms with van der Waals surface area (Å²) in [5.41, 5.74) is 3.44. The summed E-state index contributed by atoms with van der Waals surface area (Å²) >= 11 is 0. The molecule has 5 aliphatic rings. The molecule has 8 atom stereocenters. The molecule has 1 fully saturated rings. The molecule has 0 radical (unpaired) electrons. The average Bonchev–Trinajstić information content (AvgIpc) is 1.26. The van der Waals surface area contributed by atoms with E-state index in [-0.39, 0.29) is 42.8 Å². The maximum atomic E-state index is 15.3. The zero-order chi connectivity index (χ0) is 66.1. The summed E-state index contributed by atoms with van der Waals surface area (Å²) < 4.78 is 32.5. The Balaban J connectivity index is 0.737. The van der Waals surface area contributed by atoms with Crippen LogP contribution in [0.1, 0.15) is 76.8 Å². The van der Waals surface area contributed by atoms with E-state index < -0.39 is 196 Å². The number of nitrogens with one attached hydrogen (secondary N) is 9. The van der Waals surface area contributed by atoms with Crippen molar-refractivity contribution in [2.24, 2.45) is 0 Å². The standard InChI is InChI=1S/C59H65FN12O20/c1-27-29-7-8-34(50-31-21-71-38(51(31)69-36(49(29)50)17-33(27)60)16-30-32(58(71)88)24-91-59(89)52(30)83)66-46(80)25-90-26-65-43(77)19-64-56(87)37(15-28-5-3-2-4-6-28)68-44(78)20-62-42(76)18-63-55(86)35(9-10-40(74)70-57-54(85)53(84)39(23-73)92-57)67-41(75)13-14-61-45(79)22-72-47(81)11-12-48(72)82/h2-6,11-12,16-17,34-35,37,39,52-54,57,73,83-85H,7-10,13-15,18-26H2,1H3,(H,61,79)(H,62,76)(H,63,86)(H,64,87)(H,65,77)(H,66,80)(H,67,75)(H,68,78)(H,70,74)/t34-,35-,37-,39+,52-,53+,54+,57?/m0/s1. The minimum Gasteiger partial charge on any atom is -0.458 e. The molecule has 488 valence electrons. The van der Waals surface area contributed by atoms with Gasteiger partial charge in [-0.15, -0.1) is 0 Å². The first kappa shape index (κ1) is 66.5. The van der Waals surface area contributed by atoms with E-state index in [0.717, 1.165) is 12.2 Å². The maximum Gasteiger partial charge on any atom is 0.340 e. The van der Waals surface area contributed by atoms with Gasteiger partial charge in [-0.2, -0.15) is 0 Å². The number of fused-ring (bicyclic) bond motifs is 5. The molecule has 4 aliphatic heterocycles. The van der Waals surface area contributed by atoms with Gasteiger partial charge in [-0.05, 0) is 54.5 Å². The van der Waals surface area contributed by atoms with Crippen molar-refractivity contribution in [2.75, 3.05) is 52.7 Å². The molecule has 1 aliphatic carbocycles. The number of aryl methyl sites for hydroxylation is 1. The number of pyridine rings is 2. The van der Waals surface area contributed by atoms with Gasteiger partial charge in [0, 0.05) is 60.5 Å². The minimum atomic E-state index is -1.70. The van der Waals surface area contributed by atoms with Crippen LogP contribution >= 0.6 is 0 Å². The number of aliphatic hydroxyl groups is 4. The average molecular weight is 1280 g/mol. The number of aliphatic hydroxyl groups excluding tert-OH is 4. The van der Waals surface area contributed by atoms with Gasteiger partial charge in [-0.3, -0.25) is 62.4 Å². The normalized spacial score (nSPS) is 19.8. The molecule has 1 unspecified atom stereocenters. The lowest BCUT2D eigenvalue weighted by molar-refractivity contribution is -0.157. The molecule has 6 heterocycles. The Bertz CT molecular complexity index is 3730. The molecule has 4 aromatic rings. The summed E-state index contributed by atoms with van der Waals surface area (Å²) in [5, 5.41) is 62.8. The highest BCUT2D eigenvalue weighted by Gasteiger charge is 2.43. The summed E-state index contributed by atoms with van der Waals surface area (Å²) in [6.45, 7) is -3.47. The number of rotatable bonds is 27. The first-order chi connectivity index (χ1) is 44.0. The molecular formula is C59H65FN12O20. The summed E-state index contributed by atoms with van der Waals surface area (Å²) in [6.07, 6.45) is -6.30. The number of carbonyl (C=O) groups excluding carboxylic acids is 12. The molecule has 9 rings (SSSR count). The molecule has 2 aromatic carbocycles. The minimum absolute atomic E-state index is 0.0188. The van der Waals surface area contributed by atoms with Crippen molar-refractivity contribution in [3.63, 3.8) is 0 Å². The fourth-order valence-corrected chi connectivity index (χ4v) is 11.1. The number of halogens is 1. The van der Waals surface area contributed by atoms with Gasteiger partial charge in [0.05, 0.1) is 61.3 Å². The summed E-state index contributed by atoms with van der Waals surface area (Å²) in [6, 6.07) is 7.71. The largest absolute Gasteiger partial charge is 0.458 e. The Morgan fingerprint density at radius 3 is 2.14 bits per heavy atom. The van der Waals surface area contributed by atoms with E-state index >= 15 is 4.39 Å². The second kappa shape index (κ2) is 29.4. The highest BCUT2D eigenvalue weighted by atomic mass is 19.1. The predicted molar refractivity (Wildman–Crippen MR) is 310 cm³/mol. The maximum absolute atomic E-state index is 15.3. The van der Waals surface area contributed by atoms with Crippen LogP contribution in [0.15, 0.2) is 59.4 Å². The third-order valence-corrected chi connectivity index (χ3v) is 15.8. The van der Waals surface area contributed by atoms with Crippen molar-refractivity contribution < 1.29 is 96.6 Å². The molecule has 32 nitrogen and oxygen atoms in total. The van der Waals surface area contributed by atoms with Crippen LogP contribution in [0.25, 0.3) is 22.3 Å². The molecule has 1 saturated heterocycles. The molecule has 33 heteroatoms. The summed E-state index contributed by atoms with van der Waals surface area (Å²) in [5.74, 6) is -10.2. The van der Waals surface area contributed by atoms with E-state index in [1.54, 1.807) is 37.3 Å².